The summed E-state index contributed by atoms with van der Waals surface area (Å²) < 4.78 is 28.6. The zero-order chi connectivity index (χ0) is 22.3. The molecule has 0 radical (unpaired) electrons. The molecule has 3 aromatic rings. The van der Waals surface area contributed by atoms with Gasteiger partial charge in [0.1, 0.15) is 6.04 Å². The van der Waals surface area contributed by atoms with Gasteiger partial charge in [0.15, 0.2) is 0 Å². The van der Waals surface area contributed by atoms with Gasteiger partial charge in [0.25, 0.3) is 0 Å². The molecular weight excluding hydrogens is 481 g/mol. The number of nitrogens with one attached hydrogen (secondary N) is 2. The van der Waals surface area contributed by atoms with Crippen molar-refractivity contribution in [2.75, 3.05) is 24.5 Å². The van der Waals surface area contributed by atoms with E-state index in [1.165, 1.54) is 11.1 Å². The highest BCUT2D eigenvalue weighted by atomic mass is 35.5. The van der Waals surface area contributed by atoms with Crippen molar-refractivity contribution in [1.82, 2.24) is 10.0 Å². The van der Waals surface area contributed by atoms with Crippen LogP contribution in [0.15, 0.2) is 59.5 Å². The molecule has 2 N–H and O–H groups in total. The van der Waals surface area contributed by atoms with Crippen molar-refractivity contribution >= 4 is 56.4 Å². The summed E-state index contributed by atoms with van der Waals surface area (Å²) in [6, 6.07) is 15.5. The van der Waals surface area contributed by atoms with Crippen molar-refractivity contribution in [1.29, 1.82) is 0 Å². The molecule has 0 aliphatic carbocycles. The van der Waals surface area contributed by atoms with E-state index < -0.39 is 16.1 Å². The van der Waals surface area contributed by atoms with E-state index in [4.69, 9.17) is 11.6 Å². The number of sulfonamides is 1. The monoisotopic (exact) mass is 505 g/mol. The Hall–Kier alpha value is -2.16. The lowest BCUT2D eigenvalue weighted by Gasteiger charge is -2.19. The van der Waals surface area contributed by atoms with E-state index in [1.54, 1.807) is 41.3 Å². The van der Waals surface area contributed by atoms with E-state index in [-0.39, 0.29) is 23.2 Å². The third-order valence-electron chi connectivity index (χ3n) is 6.23. The van der Waals surface area contributed by atoms with Crippen molar-refractivity contribution in [2.24, 2.45) is 0 Å². The van der Waals surface area contributed by atoms with Crippen LogP contribution in [0, 0.1) is 0 Å². The van der Waals surface area contributed by atoms with E-state index >= 15 is 0 Å². The summed E-state index contributed by atoms with van der Waals surface area (Å²) in [7, 11) is -3.84. The molecule has 2 heterocycles. The highest BCUT2D eigenvalue weighted by Crippen LogP contribution is 2.27. The molecule has 1 amide bonds. The second kappa shape index (κ2) is 9.60. The molecule has 0 spiro atoms. The lowest BCUT2D eigenvalue weighted by atomic mass is 10.0. The third-order valence-corrected chi connectivity index (χ3v) is 7.94. The van der Waals surface area contributed by atoms with Gasteiger partial charge in [-0.05, 0) is 90.6 Å². The van der Waals surface area contributed by atoms with Crippen LogP contribution in [0.4, 0.5) is 5.69 Å². The molecule has 2 aliphatic heterocycles. The first-order valence-electron chi connectivity index (χ1n) is 10.8. The van der Waals surface area contributed by atoms with Crippen LogP contribution in [0.25, 0.3) is 10.8 Å². The molecule has 1 fully saturated rings. The van der Waals surface area contributed by atoms with Crippen molar-refractivity contribution < 1.29 is 13.2 Å². The molecule has 6 nitrogen and oxygen atoms in total. The minimum Gasteiger partial charge on any atom is -0.316 e. The number of carbonyl (C=O) groups excluding carboxylic acids is 1. The minimum absolute atomic E-state index is 0. The van der Waals surface area contributed by atoms with Gasteiger partial charge in [-0.15, -0.1) is 12.4 Å². The zero-order valence-corrected chi connectivity index (χ0v) is 20.3. The molecule has 5 rings (SSSR count). The Kier molecular flexibility index (Phi) is 6.98. The van der Waals surface area contributed by atoms with Crippen LogP contribution in [0.1, 0.15) is 17.5 Å². The van der Waals surface area contributed by atoms with Gasteiger partial charge in [-0.25, -0.2) is 8.42 Å². The number of hydrogen-bond acceptors (Lipinski definition) is 4. The minimum atomic E-state index is -3.84. The quantitative estimate of drug-likeness (QED) is 0.566. The van der Waals surface area contributed by atoms with E-state index in [0.717, 1.165) is 42.4 Å². The lowest BCUT2D eigenvalue weighted by Crippen LogP contribution is -2.41. The van der Waals surface area contributed by atoms with Crippen molar-refractivity contribution in [2.45, 2.75) is 30.2 Å². The van der Waals surface area contributed by atoms with Crippen LogP contribution in [0.5, 0.6) is 0 Å². The molecule has 174 valence electrons. The van der Waals surface area contributed by atoms with Crippen LogP contribution in [0.3, 0.4) is 0 Å². The summed E-state index contributed by atoms with van der Waals surface area (Å²) in [5, 5.41) is 5.62. The first kappa shape index (κ1) is 24.0. The fourth-order valence-corrected chi connectivity index (χ4v) is 5.93. The predicted molar refractivity (Wildman–Crippen MR) is 134 cm³/mol. The summed E-state index contributed by atoms with van der Waals surface area (Å²) in [5.74, 6) is -0.215. The fraction of sp³-hybridized carbons (Fsp3) is 0.292. The number of fused-ring (bicyclic) bond motifs is 2. The Morgan fingerprint density at radius 1 is 0.939 bits per heavy atom. The van der Waals surface area contributed by atoms with Gasteiger partial charge in [0.05, 0.1) is 4.90 Å². The highest BCUT2D eigenvalue weighted by molar-refractivity contribution is 7.89. The second-order valence-electron chi connectivity index (χ2n) is 8.31. The number of anilines is 1. The summed E-state index contributed by atoms with van der Waals surface area (Å²) >= 11 is 6.01. The predicted octanol–water partition coefficient (Wildman–Crippen LogP) is 3.69. The summed E-state index contributed by atoms with van der Waals surface area (Å²) in [4.78, 5) is 14.9. The molecule has 0 unspecified atom stereocenters. The maximum absolute atomic E-state index is 13.1. The smallest absolute Gasteiger partial charge is 0.245 e. The van der Waals surface area contributed by atoms with Gasteiger partial charge < -0.3 is 10.2 Å². The Morgan fingerprint density at radius 3 is 2.48 bits per heavy atom. The Morgan fingerprint density at radius 2 is 1.67 bits per heavy atom. The first-order chi connectivity index (χ1) is 15.4. The van der Waals surface area contributed by atoms with Crippen LogP contribution in [0.2, 0.25) is 5.02 Å². The maximum Gasteiger partial charge on any atom is 0.245 e. The average Bonchev–Trinajstić information content (AvgIpc) is 2.98. The Balaban J connectivity index is 0.00000259. The summed E-state index contributed by atoms with van der Waals surface area (Å²) in [6.45, 7) is 2.37. The number of carbonyl (C=O) groups is 1. The molecule has 1 saturated heterocycles. The van der Waals surface area contributed by atoms with Crippen molar-refractivity contribution in [3.05, 3.63) is 70.7 Å². The van der Waals surface area contributed by atoms with E-state index in [1.807, 2.05) is 6.07 Å². The first-order valence-corrected chi connectivity index (χ1v) is 12.6. The van der Waals surface area contributed by atoms with Crippen molar-refractivity contribution in [3.8, 4) is 0 Å². The summed E-state index contributed by atoms with van der Waals surface area (Å²) in [5.41, 5.74) is 3.39. The Labute approximate surface area is 204 Å². The van der Waals surface area contributed by atoms with Gasteiger partial charge >= 0.3 is 0 Å². The van der Waals surface area contributed by atoms with Crippen LogP contribution >= 0.6 is 24.0 Å². The number of hydrogen-bond donors (Lipinski definition) is 2. The Bertz CT molecular complexity index is 1310. The molecule has 3 aromatic carbocycles. The third kappa shape index (κ3) is 4.88. The van der Waals surface area contributed by atoms with E-state index in [2.05, 4.69) is 22.2 Å². The molecule has 0 bridgehead atoms. The van der Waals surface area contributed by atoms with E-state index in [0.29, 0.717) is 18.0 Å². The largest absolute Gasteiger partial charge is 0.316 e. The van der Waals surface area contributed by atoms with E-state index in [9.17, 15) is 13.2 Å². The SMILES string of the molecule is Cl.O=C1[C@@H](NS(=O)(=O)c2ccc3cc(Cl)ccc3c2)CCN1c1ccc2c(c1)CCNCC2. The van der Waals surface area contributed by atoms with Crippen molar-refractivity contribution in [3.63, 3.8) is 0 Å². The lowest BCUT2D eigenvalue weighted by molar-refractivity contribution is -0.118. The molecule has 2 aliphatic rings. The normalized spacial score (nSPS) is 18.6. The van der Waals surface area contributed by atoms with Crippen LogP contribution in [-0.2, 0) is 27.7 Å². The molecule has 0 saturated carbocycles. The maximum atomic E-state index is 13.1. The zero-order valence-electron chi connectivity index (χ0n) is 17.9. The standard InChI is InChI=1S/C24H24ClN3O3S.ClH/c25-20-4-1-18-15-22(6-3-17(18)13-20)32(30,31)27-23-9-12-28(24(23)29)21-5-2-16-7-10-26-11-8-19(16)14-21;/h1-6,13-15,23,26-27H,7-12H2;1H/t23-;/m0./s1. The summed E-state index contributed by atoms with van der Waals surface area (Å²) in [6.07, 6.45) is 2.33. The number of rotatable bonds is 4. The van der Waals surface area contributed by atoms with Crippen LogP contribution in [-0.4, -0.2) is 40.0 Å². The number of benzene rings is 3. The molecular formula is C24H25Cl2N3O3S. The van der Waals surface area contributed by atoms with Gasteiger partial charge in [-0.2, -0.15) is 4.72 Å². The molecule has 1 atom stereocenters. The average molecular weight is 506 g/mol. The molecule has 0 aromatic heterocycles. The van der Waals surface area contributed by atoms with Gasteiger partial charge in [0.2, 0.25) is 15.9 Å². The number of halogens is 2. The second-order valence-corrected chi connectivity index (χ2v) is 10.5. The van der Waals surface area contributed by atoms with Gasteiger partial charge in [-0.3, -0.25) is 4.79 Å². The molecule has 9 heteroatoms. The fourth-order valence-electron chi connectivity index (χ4n) is 4.49. The molecule has 33 heavy (non-hydrogen) atoms. The topological polar surface area (TPSA) is 78.5 Å². The number of nitrogens with zero attached hydrogens (tertiary/aromatic N) is 1. The van der Waals surface area contributed by atoms with Crippen LogP contribution < -0.4 is 14.9 Å². The van der Waals surface area contributed by atoms with Gasteiger partial charge in [-0.1, -0.05) is 29.8 Å². The highest BCUT2D eigenvalue weighted by Gasteiger charge is 2.36. The van der Waals surface area contributed by atoms with Gasteiger partial charge in [0, 0.05) is 17.3 Å². The number of amides is 1.